The van der Waals surface area contributed by atoms with E-state index < -0.39 is 60.2 Å². The second-order valence-electron chi connectivity index (χ2n) is 7.26. The predicted octanol–water partition coefficient (Wildman–Crippen LogP) is -2.09. The van der Waals surface area contributed by atoms with E-state index in [4.69, 9.17) is 16.6 Å². The predicted molar refractivity (Wildman–Crippen MR) is 98.5 cm³/mol. The topological polar surface area (TPSA) is 185 Å². The summed E-state index contributed by atoms with van der Waals surface area (Å²) in [6, 6.07) is -4.02. The first-order valence-corrected chi connectivity index (χ1v) is 9.13. The number of nitrogens with one attached hydrogen (secondary N) is 2. The van der Waals surface area contributed by atoms with Crippen molar-refractivity contribution in [2.75, 3.05) is 6.54 Å². The highest BCUT2D eigenvalue weighted by molar-refractivity contribution is 5.95. The Morgan fingerprint density at radius 2 is 1.75 bits per heavy atom. The number of carboxylic acid groups (broad SMARTS) is 1. The van der Waals surface area contributed by atoms with Crippen molar-refractivity contribution in [3.05, 3.63) is 0 Å². The quantitative estimate of drug-likeness (QED) is 0.294. The molecule has 1 saturated heterocycles. The molecule has 0 aliphatic carbocycles. The van der Waals surface area contributed by atoms with Gasteiger partial charge in [0.05, 0.1) is 12.5 Å². The Labute approximate surface area is 163 Å². The number of amides is 4. The fraction of sp³-hybridized carbons (Fsp3) is 0.706. The zero-order chi connectivity index (χ0) is 21.6. The lowest BCUT2D eigenvalue weighted by Gasteiger charge is -2.28. The molecule has 28 heavy (non-hydrogen) atoms. The lowest BCUT2D eigenvalue weighted by molar-refractivity contribution is -0.145. The van der Waals surface area contributed by atoms with Crippen molar-refractivity contribution >= 4 is 29.6 Å². The van der Waals surface area contributed by atoms with Crippen molar-refractivity contribution in [1.29, 1.82) is 0 Å². The van der Waals surface area contributed by atoms with Crippen molar-refractivity contribution in [3.8, 4) is 0 Å². The maximum atomic E-state index is 12.7. The summed E-state index contributed by atoms with van der Waals surface area (Å²) in [5, 5.41) is 13.9. The van der Waals surface area contributed by atoms with Gasteiger partial charge in [-0.15, -0.1) is 0 Å². The fourth-order valence-corrected chi connectivity index (χ4v) is 2.90. The van der Waals surface area contributed by atoms with Gasteiger partial charge in [0.25, 0.3) is 0 Å². The highest BCUT2D eigenvalue weighted by Crippen LogP contribution is 2.19. The van der Waals surface area contributed by atoms with Gasteiger partial charge in [0, 0.05) is 6.54 Å². The smallest absolute Gasteiger partial charge is 0.326 e. The summed E-state index contributed by atoms with van der Waals surface area (Å²) in [4.78, 5) is 60.7. The highest BCUT2D eigenvalue weighted by atomic mass is 16.4. The maximum Gasteiger partial charge on any atom is 0.326 e. The molecule has 1 aliphatic rings. The van der Waals surface area contributed by atoms with Crippen LogP contribution in [0.4, 0.5) is 0 Å². The molecule has 0 aromatic heterocycles. The van der Waals surface area contributed by atoms with Crippen molar-refractivity contribution in [3.63, 3.8) is 0 Å². The van der Waals surface area contributed by atoms with E-state index in [0.29, 0.717) is 19.4 Å². The molecular formula is C17H29N5O6. The first kappa shape index (κ1) is 23.3. The van der Waals surface area contributed by atoms with Crippen LogP contribution in [0.25, 0.3) is 0 Å². The third-order valence-electron chi connectivity index (χ3n) is 4.61. The molecule has 11 nitrogen and oxygen atoms in total. The number of nitrogens with zero attached hydrogens (tertiary/aromatic N) is 1. The van der Waals surface area contributed by atoms with E-state index in [1.165, 1.54) is 11.8 Å². The van der Waals surface area contributed by atoms with Crippen LogP contribution < -0.4 is 22.1 Å². The van der Waals surface area contributed by atoms with Gasteiger partial charge in [0.1, 0.15) is 18.1 Å². The van der Waals surface area contributed by atoms with Crippen LogP contribution in [-0.4, -0.2) is 70.3 Å². The zero-order valence-corrected chi connectivity index (χ0v) is 16.3. The van der Waals surface area contributed by atoms with Gasteiger partial charge >= 0.3 is 5.97 Å². The minimum atomic E-state index is -1.47. The second kappa shape index (κ2) is 10.0. The van der Waals surface area contributed by atoms with Gasteiger partial charge < -0.3 is 32.1 Å². The first-order chi connectivity index (χ1) is 13.0. The van der Waals surface area contributed by atoms with Gasteiger partial charge in [0.15, 0.2) is 0 Å². The Hall–Kier alpha value is -2.69. The SMILES string of the molecule is CC(NC(=O)C(N)C(C)C)C(=O)N1CCCC1C(=O)NC(CC(N)=O)C(=O)O. The molecule has 1 rings (SSSR count). The van der Waals surface area contributed by atoms with E-state index >= 15 is 0 Å². The van der Waals surface area contributed by atoms with Gasteiger partial charge in [-0.1, -0.05) is 13.8 Å². The minimum Gasteiger partial charge on any atom is -0.480 e. The average molecular weight is 399 g/mol. The molecular weight excluding hydrogens is 370 g/mol. The van der Waals surface area contributed by atoms with Crippen molar-refractivity contribution in [2.24, 2.45) is 17.4 Å². The molecule has 4 unspecified atom stereocenters. The van der Waals surface area contributed by atoms with Crippen LogP contribution in [0.3, 0.4) is 0 Å². The van der Waals surface area contributed by atoms with Gasteiger partial charge in [-0.25, -0.2) is 4.79 Å². The Morgan fingerprint density at radius 3 is 2.25 bits per heavy atom. The van der Waals surface area contributed by atoms with Gasteiger partial charge in [-0.05, 0) is 25.7 Å². The van der Waals surface area contributed by atoms with Crippen molar-refractivity contribution in [2.45, 2.75) is 64.2 Å². The summed E-state index contributed by atoms with van der Waals surface area (Å²) >= 11 is 0. The van der Waals surface area contributed by atoms with E-state index in [9.17, 15) is 24.0 Å². The number of rotatable bonds is 9. The number of aliphatic carboxylic acids is 1. The Balaban J connectivity index is 2.78. The largest absolute Gasteiger partial charge is 0.480 e. The van der Waals surface area contributed by atoms with Gasteiger partial charge in [0.2, 0.25) is 23.6 Å². The third-order valence-corrected chi connectivity index (χ3v) is 4.61. The zero-order valence-electron chi connectivity index (χ0n) is 16.3. The molecule has 1 fully saturated rings. The standard InChI is InChI=1S/C17H29N5O6/c1-8(2)13(19)15(25)20-9(3)16(26)22-6-4-5-11(22)14(24)21-10(17(27)28)7-12(18)23/h8-11,13H,4-7,19H2,1-3H3,(H2,18,23)(H,20,25)(H,21,24)(H,27,28). The Morgan fingerprint density at radius 1 is 1.14 bits per heavy atom. The normalized spacial score (nSPS) is 19.6. The number of carboxylic acids is 1. The Kier molecular flexibility index (Phi) is 8.35. The van der Waals surface area contributed by atoms with Crippen LogP contribution in [0.2, 0.25) is 0 Å². The van der Waals surface area contributed by atoms with Gasteiger partial charge in [-0.2, -0.15) is 0 Å². The van der Waals surface area contributed by atoms with Crippen LogP contribution >= 0.6 is 0 Å². The van der Waals surface area contributed by atoms with E-state index in [-0.39, 0.29) is 5.92 Å². The molecule has 0 radical (unpaired) electrons. The number of primary amides is 1. The molecule has 1 heterocycles. The fourth-order valence-electron chi connectivity index (χ4n) is 2.90. The summed E-state index contributed by atoms with van der Waals surface area (Å²) in [7, 11) is 0. The minimum absolute atomic E-state index is 0.106. The summed E-state index contributed by atoms with van der Waals surface area (Å²) in [6.07, 6.45) is 0.331. The van der Waals surface area contributed by atoms with Gasteiger partial charge in [-0.3, -0.25) is 19.2 Å². The number of nitrogens with two attached hydrogens (primary N) is 2. The summed E-state index contributed by atoms with van der Waals surface area (Å²) in [5.74, 6) is -3.99. The first-order valence-electron chi connectivity index (χ1n) is 9.13. The average Bonchev–Trinajstić information content (AvgIpc) is 3.08. The molecule has 0 bridgehead atoms. The summed E-state index contributed by atoms with van der Waals surface area (Å²) in [6.45, 7) is 5.35. The van der Waals surface area contributed by atoms with E-state index in [1.54, 1.807) is 13.8 Å². The van der Waals surface area contributed by atoms with Crippen molar-refractivity contribution in [1.82, 2.24) is 15.5 Å². The summed E-state index contributed by atoms with van der Waals surface area (Å²) < 4.78 is 0. The van der Waals surface area contributed by atoms with E-state index in [2.05, 4.69) is 10.6 Å². The van der Waals surface area contributed by atoms with E-state index in [1.807, 2.05) is 0 Å². The van der Waals surface area contributed by atoms with E-state index in [0.717, 1.165) is 0 Å². The molecule has 1 aliphatic heterocycles. The lowest BCUT2D eigenvalue weighted by Crippen LogP contribution is -2.56. The maximum absolute atomic E-state index is 12.7. The second-order valence-corrected chi connectivity index (χ2v) is 7.26. The molecule has 0 spiro atoms. The number of hydrogen-bond donors (Lipinski definition) is 5. The number of carbonyl (C=O) groups is 5. The third kappa shape index (κ3) is 6.19. The van der Waals surface area contributed by atoms with Crippen LogP contribution in [0.1, 0.15) is 40.0 Å². The molecule has 7 N–H and O–H groups in total. The summed E-state index contributed by atoms with van der Waals surface area (Å²) in [5.41, 5.74) is 10.8. The molecule has 0 saturated carbocycles. The number of hydrogen-bond acceptors (Lipinski definition) is 6. The molecule has 11 heteroatoms. The number of carbonyl (C=O) groups excluding carboxylic acids is 4. The lowest BCUT2D eigenvalue weighted by atomic mass is 10.0. The van der Waals surface area contributed by atoms with Crippen LogP contribution in [0, 0.1) is 5.92 Å². The van der Waals surface area contributed by atoms with Crippen molar-refractivity contribution < 1.29 is 29.1 Å². The molecule has 0 aromatic rings. The number of likely N-dealkylation sites (tertiary alicyclic amines) is 1. The highest BCUT2D eigenvalue weighted by Gasteiger charge is 2.38. The molecule has 0 aromatic carbocycles. The van der Waals surface area contributed by atoms with Crippen LogP contribution in [0.5, 0.6) is 0 Å². The Bertz CT molecular complexity index is 638. The molecule has 4 amide bonds. The van der Waals surface area contributed by atoms with Crippen LogP contribution in [-0.2, 0) is 24.0 Å². The van der Waals surface area contributed by atoms with Crippen LogP contribution in [0.15, 0.2) is 0 Å². The molecule has 158 valence electrons. The monoisotopic (exact) mass is 399 g/mol. The molecule has 4 atom stereocenters.